The van der Waals surface area contributed by atoms with Crippen molar-refractivity contribution in [3.8, 4) is 5.69 Å². The lowest BCUT2D eigenvalue weighted by molar-refractivity contribution is 0.404. The minimum atomic E-state index is 0.616. The number of alkyl halides is 1. The first-order chi connectivity index (χ1) is 12.8. The van der Waals surface area contributed by atoms with E-state index in [0.29, 0.717) is 5.92 Å². The van der Waals surface area contributed by atoms with Gasteiger partial charge in [-0.1, -0.05) is 46.9 Å². The predicted octanol–water partition coefficient (Wildman–Crippen LogP) is 4.76. The zero-order valence-electron chi connectivity index (χ0n) is 14.3. The number of rotatable bonds is 3. The predicted molar refractivity (Wildman–Crippen MR) is 114 cm³/mol. The van der Waals surface area contributed by atoms with Gasteiger partial charge in [-0.25, -0.2) is 9.97 Å². The van der Waals surface area contributed by atoms with Crippen molar-refractivity contribution in [1.82, 2.24) is 19.4 Å². The summed E-state index contributed by atoms with van der Waals surface area (Å²) in [5.41, 5.74) is 4.44. The molecule has 1 aliphatic rings. The molecule has 2 aromatic carbocycles. The van der Waals surface area contributed by atoms with Crippen molar-refractivity contribution in [1.29, 1.82) is 0 Å². The second-order valence-electron chi connectivity index (χ2n) is 6.90. The first-order valence-corrected chi connectivity index (χ1v) is 10.5. The molecular weight excluding hydrogens is 435 g/mol. The maximum Gasteiger partial charge on any atom is 0.177 e. The summed E-state index contributed by atoms with van der Waals surface area (Å²) in [6, 6.07) is 17.5. The van der Waals surface area contributed by atoms with Gasteiger partial charge >= 0.3 is 0 Å². The fraction of sp³-hybridized carbons (Fsp3) is 0.238. The van der Waals surface area contributed by atoms with E-state index in [1.54, 1.807) is 6.20 Å². The lowest BCUT2D eigenvalue weighted by atomic mass is 9.92. The Labute approximate surface area is 166 Å². The number of aromatic nitrogens is 3. The van der Waals surface area contributed by atoms with Crippen LogP contribution in [0, 0.1) is 0 Å². The topological polar surface area (TPSA) is 34.0 Å². The van der Waals surface area contributed by atoms with Gasteiger partial charge in [0.05, 0.1) is 10.1 Å². The summed E-state index contributed by atoms with van der Waals surface area (Å²) >= 11 is 2.47. The monoisotopic (exact) mass is 454 g/mol. The highest BCUT2D eigenvalue weighted by atomic mass is 127. The van der Waals surface area contributed by atoms with Crippen molar-refractivity contribution < 1.29 is 0 Å². The van der Waals surface area contributed by atoms with E-state index in [1.807, 2.05) is 12.4 Å². The third kappa shape index (κ3) is 2.70. The molecule has 1 unspecified atom stereocenters. The molecule has 0 spiro atoms. The Morgan fingerprint density at radius 3 is 2.92 bits per heavy atom. The molecule has 1 atom stereocenters. The quantitative estimate of drug-likeness (QED) is 0.255. The average Bonchev–Trinajstić information content (AvgIpc) is 3.34. The van der Waals surface area contributed by atoms with E-state index in [4.69, 9.17) is 0 Å². The highest BCUT2D eigenvalue weighted by Gasteiger charge is 2.24. The molecule has 1 aliphatic heterocycles. The Bertz CT molecular complexity index is 1090. The largest absolute Gasteiger partial charge is 0.297 e. The lowest BCUT2D eigenvalue weighted by Gasteiger charge is -2.16. The summed E-state index contributed by atoms with van der Waals surface area (Å²) in [6.45, 7) is 2.35. The van der Waals surface area contributed by atoms with Gasteiger partial charge in [-0.2, -0.15) is 0 Å². The molecule has 1 fully saturated rings. The number of fused-ring (bicyclic) bond motifs is 2. The van der Waals surface area contributed by atoms with Gasteiger partial charge in [-0.3, -0.25) is 9.47 Å². The molecule has 5 rings (SSSR count). The Kier molecular flexibility index (Phi) is 4.13. The third-order valence-corrected chi connectivity index (χ3v) is 6.34. The van der Waals surface area contributed by atoms with Crippen LogP contribution in [0.5, 0.6) is 0 Å². The molecule has 2 aromatic heterocycles. The maximum atomic E-state index is 4.44. The Hall–Kier alpha value is -1.99. The van der Waals surface area contributed by atoms with Gasteiger partial charge in [0.2, 0.25) is 0 Å². The van der Waals surface area contributed by atoms with Crippen LogP contribution in [0.25, 0.3) is 27.6 Å². The fourth-order valence-electron chi connectivity index (χ4n) is 4.04. The normalized spacial score (nSPS) is 18.1. The number of pyridine rings is 1. The van der Waals surface area contributed by atoms with Crippen LogP contribution in [-0.4, -0.2) is 37.1 Å². The fourth-order valence-corrected chi connectivity index (χ4v) is 4.66. The molecule has 5 heteroatoms. The molecule has 0 radical (unpaired) electrons. The number of nitrogens with zero attached hydrogens (tertiary/aromatic N) is 4. The van der Waals surface area contributed by atoms with Crippen molar-refractivity contribution in [2.24, 2.45) is 0 Å². The molecule has 130 valence electrons. The molecule has 4 nitrogen and oxygen atoms in total. The Morgan fingerprint density at radius 1 is 1.08 bits per heavy atom. The van der Waals surface area contributed by atoms with Crippen molar-refractivity contribution in [3.63, 3.8) is 0 Å². The highest BCUT2D eigenvalue weighted by molar-refractivity contribution is 14.1. The van der Waals surface area contributed by atoms with Gasteiger partial charge in [0.25, 0.3) is 0 Å². The molecule has 4 aromatic rings. The third-order valence-electron chi connectivity index (χ3n) is 5.38. The van der Waals surface area contributed by atoms with Gasteiger partial charge in [0, 0.05) is 18.4 Å². The molecule has 1 saturated heterocycles. The van der Waals surface area contributed by atoms with E-state index < -0.39 is 0 Å². The van der Waals surface area contributed by atoms with Crippen molar-refractivity contribution in [3.05, 3.63) is 66.6 Å². The van der Waals surface area contributed by atoms with E-state index >= 15 is 0 Å². The molecule has 0 amide bonds. The first kappa shape index (κ1) is 16.2. The van der Waals surface area contributed by atoms with Crippen LogP contribution in [0.4, 0.5) is 0 Å². The zero-order chi connectivity index (χ0) is 17.5. The zero-order valence-corrected chi connectivity index (χ0v) is 16.5. The molecular formula is C21H19IN4. The van der Waals surface area contributed by atoms with E-state index in [1.165, 1.54) is 29.3 Å². The highest BCUT2D eigenvalue weighted by Crippen LogP contribution is 2.34. The van der Waals surface area contributed by atoms with Crippen molar-refractivity contribution in [2.45, 2.75) is 12.3 Å². The molecule has 0 bridgehead atoms. The van der Waals surface area contributed by atoms with Gasteiger partial charge in [0.15, 0.2) is 5.65 Å². The summed E-state index contributed by atoms with van der Waals surface area (Å²) in [6.07, 6.45) is 4.90. The Morgan fingerprint density at radius 2 is 2.04 bits per heavy atom. The van der Waals surface area contributed by atoms with E-state index in [9.17, 15) is 0 Å². The van der Waals surface area contributed by atoms with E-state index in [0.717, 1.165) is 27.9 Å². The van der Waals surface area contributed by atoms with Crippen LogP contribution in [0.3, 0.4) is 0 Å². The molecule has 26 heavy (non-hydrogen) atoms. The van der Waals surface area contributed by atoms with E-state index in [-0.39, 0.29) is 0 Å². The molecule has 0 N–H and O–H groups in total. The van der Waals surface area contributed by atoms with E-state index in [2.05, 4.69) is 84.5 Å². The number of benzene rings is 2. The van der Waals surface area contributed by atoms with Gasteiger partial charge in [0.1, 0.15) is 6.33 Å². The second-order valence-corrected chi connectivity index (χ2v) is 7.58. The number of halogens is 1. The van der Waals surface area contributed by atoms with Crippen LogP contribution in [-0.2, 0) is 0 Å². The van der Waals surface area contributed by atoms with Gasteiger partial charge in [-0.05, 0) is 59.5 Å². The summed E-state index contributed by atoms with van der Waals surface area (Å²) in [5.74, 6) is 0.616. The number of imidazole rings is 1. The summed E-state index contributed by atoms with van der Waals surface area (Å²) < 4.78 is 3.24. The number of hydrogen-bond acceptors (Lipinski definition) is 3. The van der Waals surface area contributed by atoms with Crippen molar-refractivity contribution in [2.75, 3.05) is 17.6 Å². The van der Waals surface area contributed by atoms with Crippen molar-refractivity contribution >= 4 is 44.5 Å². The van der Waals surface area contributed by atoms with Crippen LogP contribution < -0.4 is 0 Å². The first-order valence-electron chi connectivity index (χ1n) is 8.93. The second kappa shape index (κ2) is 6.63. The van der Waals surface area contributed by atoms with Crippen LogP contribution in [0.15, 0.2) is 61.1 Å². The smallest absolute Gasteiger partial charge is 0.177 e. The van der Waals surface area contributed by atoms with Gasteiger partial charge in [-0.15, -0.1) is 0 Å². The van der Waals surface area contributed by atoms with Crippen LogP contribution in [0.1, 0.15) is 17.9 Å². The number of likely N-dealkylation sites (tertiary alicyclic amines) is 1. The summed E-state index contributed by atoms with van der Waals surface area (Å²) in [5, 5.41) is 2.66. The molecule has 0 aliphatic carbocycles. The number of hydrogen-bond donors (Lipinski definition) is 0. The SMILES string of the molecule is ICN1CCC(c2cccc3ccc(-n4cnc5ncccc54)cc23)C1. The van der Waals surface area contributed by atoms with Crippen LogP contribution in [0.2, 0.25) is 0 Å². The minimum absolute atomic E-state index is 0.616. The summed E-state index contributed by atoms with van der Waals surface area (Å²) in [4.78, 5) is 11.3. The minimum Gasteiger partial charge on any atom is -0.297 e. The standard InChI is InChI=1S/C21H19IN4/c22-13-25-10-8-16(12-25)18-4-1-3-15-6-7-17(11-19(15)18)26-14-24-21-20(26)5-2-9-23-21/h1-7,9,11,14,16H,8,10,12-13H2. The average molecular weight is 454 g/mol. The maximum absolute atomic E-state index is 4.44. The van der Waals surface area contributed by atoms with Gasteiger partial charge < -0.3 is 0 Å². The summed E-state index contributed by atoms with van der Waals surface area (Å²) in [7, 11) is 0. The Balaban J connectivity index is 1.64. The molecule has 0 saturated carbocycles. The lowest BCUT2D eigenvalue weighted by Crippen LogP contribution is -2.17. The molecule has 3 heterocycles. The van der Waals surface area contributed by atoms with Crippen LogP contribution >= 0.6 is 22.6 Å².